The highest BCUT2D eigenvalue weighted by atomic mass is 35.5. The number of aliphatic hydroxyl groups excluding tert-OH is 1. The van der Waals surface area contributed by atoms with Gasteiger partial charge in [-0.3, -0.25) is 4.68 Å². The van der Waals surface area contributed by atoms with E-state index in [9.17, 15) is 0 Å². The predicted molar refractivity (Wildman–Crippen MR) is 38.9 cm³/mol. The first-order valence-electron chi connectivity index (χ1n) is 3.04. The lowest BCUT2D eigenvalue weighted by molar-refractivity contribution is 0.168. The van der Waals surface area contributed by atoms with Crippen molar-refractivity contribution in [3.05, 3.63) is 17.4 Å². The van der Waals surface area contributed by atoms with Gasteiger partial charge in [-0.25, -0.2) is 0 Å². The lowest BCUT2D eigenvalue weighted by Gasteiger charge is -2.01. The monoisotopic (exact) mass is 160 g/mol. The van der Waals surface area contributed by atoms with Crippen LogP contribution in [0.15, 0.2) is 12.4 Å². The molecule has 0 saturated heterocycles. The number of hydrogen-bond acceptors (Lipinski definition) is 2. The first-order valence-corrected chi connectivity index (χ1v) is 3.42. The van der Waals surface area contributed by atoms with Gasteiger partial charge in [0.1, 0.15) is 0 Å². The number of nitrogens with zero attached hydrogens (tertiary/aromatic N) is 2. The molecule has 56 valence electrons. The molecule has 1 atom stereocenters. The van der Waals surface area contributed by atoms with E-state index < -0.39 is 0 Å². The van der Waals surface area contributed by atoms with Gasteiger partial charge in [-0.2, -0.15) is 5.10 Å². The Labute approximate surface area is 64.2 Å². The molecule has 0 amide bonds. The van der Waals surface area contributed by atoms with Crippen molar-refractivity contribution in [2.75, 3.05) is 0 Å². The average molecular weight is 161 g/mol. The third-order valence-corrected chi connectivity index (χ3v) is 1.25. The van der Waals surface area contributed by atoms with Crippen molar-refractivity contribution >= 4 is 11.6 Å². The van der Waals surface area contributed by atoms with Crippen molar-refractivity contribution < 1.29 is 5.11 Å². The van der Waals surface area contributed by atoms with Gasteiger partial charge in [-0.15, -0.1) is 0 Å². The van der Waals surface area contributed by atoms with Crippen LogP contribution in [0.4, 0.5) is 0 Å². The number of rotatable bonds is 2. The van der Waals surface area contributed by atoms with Crippen LogP contribution < -0.4 is 0 Å². The number of aliphatic hydroxyl groups is 1. The van der Waals surface area contributed by atoms with Crippen molar-refractivity contribution in [3.63, 3.8) is 0 Å². The van der Waals surface area contributed by atoms with E-state index in [0.29, 0.717) is 11.6 Å². The van der Waals surface area contributed by atoms with Crippen molar-refractivity contribution in [3.8, 4) is 0 Å². The molecule has 1 aromatic heterocycles. The van der Waals surface area contributed by atoms with Crippen molar-refractivity contribution in [1.82, 2.24) is 9.78 Å². The quantitative estimate of drug-likeness (QED) is 0.699. The van der Waals surface area contributed by atoms with Crippen molar-refractivity contribution in [1.29, 1.82) is 0 Å². The summed E-state index contributed by atoms with van der Waals surface area (Å²) in [6.45, 7) is 2.20. The van der Waals surface area contributed by atoms with Crippen LogP contribution in [0.2, 0.25) is 5.02 Å². The van der Waals surface area contributed by atoms with Gasteiger partial charge in [0.25, 0.3) is 0 Å². The third kappa shape index (κ3) is 2.01. The fourth-order valence-electron chi connectivity index (χ4n) is 0.709. The van der Waals surface area contributed by atoms with E-state index in [1.165, 1.54) is 0 Å². The normalized spacial score (nSPS) is 13.5. The Morgan fingerprint density at radius 3 is 3.00 bits per heavy atom. The van der Waals surface area contributed by atoms with Gasteiger partial charge in [0.2, 0.25) is 0 Å². The molecule has 1 unspecified atom stereocenters. The van der Waals surface area contributed by atoms with Crippen LogP contribution in [0.1, 0.15) is 6.92 Å². The van der Waals surface area contributed by atoms with E-state index in [1.54, 1.807) is 24.0 Å². The highest BCUT2D eigenvalue weighted by Gasteiger charge is 1.98. The standard InChI is InChI=1S/C6H9ClN2O/c1-5(10)3-9-4-6(7)2-8-9/h2,4-5,10H,3H2,1H3. The lowest BCUT2D eigenvalue weighted by Crippen LogP contribution is -2.11. The highest BCUT2D eigenvalue weighted by molar-refractivity contribution is 6.30. The molecule has 0 saturated carbocycles. The Hall–Kier alpha value is -0.540. The second-order valence-corrected chi connectivity index (χ2v) is 2.67. The fraction of sp³-hybridized carbons (Fsp3) is 0.500. The fourth-order valence-corrected chi connectivity index (χ4v) is 0.865. The Bertz CT molecular complexity index is 209. The van der Waals surface area contributed by atoms with E-state index >= 15 is 0 Å². The van der Waals surface area contributed by atoms with Crippen LogP contribution in [-0.4, -0.2) is 21.0 Å². The van der Waals surface area contributed by atoms with Gasteiger partial charge >= 0.3 is 0 Å². The Kier molecular flexibility index (Phi) is 2.29. The Morgan fingerprint density at radius 2 is 2.60 bits per heavy atom. The molecule has 4 heteroatoms. The maximum atomic E-state index is 8.91. The maximum Gasteiger partial charge on any atom is 0.0785 e. The molecular weight excluding hydrogens is 152 g/mol. The van der Waals surface area contributed by atoms with Gasteiger partial charge in [-0.05, 0) is 6.92 Å². The summed E-state index contributed by atoms with van der Waals surface area (Å²) in [4.78, 5) is 0. The smallest absolute Gasteiger partial charge is 0.0785 e. The molecule has 0 bridgehead atoms. The summed E-state index contributed by atoms with van der Waals surface area (Å²) in [6.07, 6.45) is 2.84. The molecule has 1 N–H and O–H groups in total. The Balaban J connectivity index is 2.58. The number of halogens is 1. The van der Waals surface area contributed by atoms with Gasteiger partial charge < -0.3 is 5.11 Å². The zero-order valence-electron chi connectivity index (χ0n) is 5.66. The predicted octanol–water partition coefficient (Wildman–Crippen LogP) is 0.917. The molecule has 0 spiro atoms. The van der Waals surface area contributed by atoms with Crippen LogP contribution in [0.5, 0.6) is 0 Å². The molecule has 1 aromatic rings. The maximum absolute atomic E-state index is 8.91. The highest BCUT2D eigenvalue weighted by Crippen LogP contribution is 2.04. The zero-order chi connectivity index (χ0) is 7.56. The molecule has 10 heavy (non-hydrogen) atoms. The van der Waals surface area contributed by atoms with Crippen LogP contribution >= 0.6 is 11.6 Å². The minimum Gasteiger partial charge on any atom is -0.391 e. The van der Waals surface area contributed by atoms with E-state index in [0.717, 1.165) is 0 Å². The van der Waals surface area contributed by atoms with Gasteiger partial charge in [0.05, 0.1) is 23.9 Å². The molecule has 0 aliphatic heterocycles. The van der Waals surface area contributed by atoms with E-state index in [4.69, 9.17) is 16.7 Å². The summed E-state index contributed by atoms with van der Waals surface area (Å²) in [5.41, 5.74) is 0. The van der Waals surface area contributed by atoms with Crippen molar-refractivity contribution in [2.45, 2.75) is 19.6 Å². The average Bonchev–Trinajstić information content (AvgIpc) is 2.13. The molecule has 0 fully saturated rings. The van der Waals surface area contributed by atoms with Crippen LogP contribution in [0.25, 0.3) is 0 Å². The van der Waals surface area contributed by atoms with Crippen LogP contribution in [-0.2, 0) is 6.54 Å². The summed E-state index contributed by atoms with van der Waals surface area (Å²) >= 11 is 5.58. The number of aromatic nitrogens is 2. The number of hydrogen-bond donors (Lipinski definition) is 1. The second-order valence-electron chi connectivity index (χ2n) is 2.23. The zero-order valence-corrected chi connectivity index (χ0v) is 6.41. The summed E-state index contributed by atoms with van der Waals surface area (Å²) in [7, 11) is 0. The summed E-state index contributed by atoms with van der Waals surface area (Å²) < 4.78 is 1.60. The molecule has 0 aliphatic rings. The SMILES string of the molecule is CC(O)Cn1cc(Cl)cn1. The molecule has 3 nitrogen and oxygen atoms in total. The third-order valence-electron chi connectivity index (χ3n) is 1.05. The first-order chi connectivity index (χ1) is 4.68. The van der Waals surface area contributed by atoms with E-state index in [-0.39, 0.29) is 6.10 Å². The van der Waals surface area contributed by atoms with Crippen LogP contribution in [0, 0.1) is 0 Å². The largest absolute Gasteiger partial charge is 0.391 e. The topological polar surface area (TPSA) is 38.0 Å². The molecule has 0 aromatic carbocycles. The molecule has 1 rings (SSSR count). The summed E-state index contributed by atoms with van der Waals surface area (Å²) in [5, 5.41) is 13.4. The van der Waals surface area contributed by atoms with Gasteiger partial charge in [-0.1, -0.05) is 11.6 Å². The van der Waals surface area contributed by atoms with E-state index in [1.807, 2.05) is 0 Å². The van der Waals surface area contributed by atoms with E-state index in [2.05, 4.69) is 5.10 Å². The van der Waals surface area contributed by atoms with Crippen LogP contribution in [0.3, 0.4) is 0 Å². The van der Waals surface area contributed by atoms with Crippen molar-refractivity contribution in [2.24, 2.45) is 0 Å². The molecule has 0 radical (unpaired) electrons. The first kappa shape index (κ1) is 7.57. The summed E-state index contributed by atoms with van der Waals surface area (Å²) in [6, 6.07) is 0. The lowest BCUT2D eigenvalue weighted by atomic mass is 10.4. The second kappa shape index (κ2) is 3.03. The van der Waals surface area contributed by atoms with Gasteiger partial charge in [0.15, 0.2) is 0 Å². The minimum atomic E-state index is -0.379. The molecule has 0 aliphatic carbocycles. The molecule has 1 heterocycles. The molecular formula is C6H9ClN2O. The minimum absolute atomic E-state index is 0.379. The summed E-state index contributed by atoms with van der Waals surface area (Å²) in [5.74, 6) is 0. The Morgan fingerprint density at radius 1 is 1.90 bits per heavy atom. The van der Waals surface area contributed by atoms with Gasteiger partial charge in [0, 0.05) is 6.20 Å².